The van der Waals surface area contributed by atoms with Crippen molar-refractivity contribution in [2.45, 2.75) is 0 Å². The van der Waals surface area contributed by atoms with Gasteiger partial charge in [-0.15, -0.1) is 0 Å². The fourth-order valence-corrected chi connectivity index (χ4v) is 8.03. The van der Waals surface area contributed by atoms with Crippen molar-refractivity contribution in [1.82, 2.24) is 0 Å². The van der Waals surface area contributed by atoms with E-state index in [1.165, 1.54) is 0 Å². The van der Waals surface area contributed by atoms with Crippen LogP contribution >= 0.6 is 7.26 Å². The minimum Gasteiger partial charge on any atom is -0.506 e. The molecule has 34 heavy (non-hydrogen) atoms. The molecule has 0 aliphatic carbocycles. The van der Waals surface area contributed by atoms with E-state index < -0.39 is 12.9 Å². The highest BCUT2D eigenvalue weighted by Gasteiger charge is 2.45. The maximum atomic E-state index is 12.9. The smallest absolute Gasteiger partial charge is 0.351 e. The second-order valence-electron chi connectivity index (χ2n) is 7.85. The van der Waals surface area contributed by atoms with Crippen LogP contribution in [0.3, 0.4) is 0 Å². The molecule has 0 fully saturated rings. The van der Waals surface area contributed by atoms with Gasteiger partial charge in [-0.2, -0.15) is 0 Å². The maximum absolute atomic E-state index is 12.9. The van der Waals surface area contributed by atoms with Crippen LogP contribution in [-0.4, -0.2) is 10.2 Å². The Hall–Kier alpha value is -4.14. The molecular formula is C29H22O4P+. The molecule has 4 nitrogen and oxygen atoms in total. The number of fused-ring (bicyclic) bond motifs is 1. The lowest BCUT2D eigenvalue weighted by Gasteiger charge is -2.24. The maximum Gasteiger partial charge on any atom is 0.351 e. The van der Waals surface area contributed by atoms with Gasteiger partial charge in [0.15, 0.2) is 5.76 Å². The molecular weight excluding hydrogens is 443 g/mol. The number of aromatic hydroxyl groups is 1. The first-order chi connectivity index (χ1) is 16.6. The summed E-state index contributed by atoms with van der Waals surface area (Å²) >= 11 is 0. The molecule has 0 bridgehead atoms. The molecule has 0 aliphatic heterocycles. The summed E-state index contributed by atoms with van der Waals surface area (Å²) in [6.45, 7) is 0. The quantitative estimate of drug-likeness (QED) is 0.209. The topological polar surface area (TPSA) is 70.7 Å². The van der Waals surface area contributed by atoms with E-state index in [1.807, 2.05) is 91.0 Å². The molecule has 1 heterocycles. The third-order valence-corrected chi connectivity index (χ3v) is 9.82. The normalized spacial score (nSPS) is 12.1. The number of para-hydroxylation sites is 1. The van der Waals surface area contributed by atoms with E-state index in [1.54, 1.807) is 30.1 Å². The summed E-state index contributed by atoms with van der Waals surface area (Å²) in [5, 5.41) is 25.8. The first-order valence-electron chi connectivity index (χ1n) is 10.8. The van der Waals surface area contributed by atoms with Gasteiger partial charge in [0.2, 0.25) is 0 Å². The van der Waals surface area contributed by atoms with E-state index >= 15 is 0 Å². The summed E-state index contributed by atoms with van der Waals surface area (Å²) in [5.74, 6) is 1.11. The SMILES string of the molecule is O=c1oc2ccccc2c(O)c1/C(O)=C/[P+](c1ccccc1)(c1ccccc1)c1ccccc1. The van der Waals surface area contributed by atoms with Crippen molar-refractivity contribution in [2.24, 2.45) is 0 Å². The zero-order valence-corrected chi connectivity index (χ0v) is 19.1. The number of hydrogen-bond acceptors (Lipinski definition) is 4. The average Bonchev–Trinajstić information content (AvgIpc) is 2.89. The van der Waals surface area contributed by atoms with Gasteiger partial charge in [0.1, 0.15) is 45.9 Å². The second kappa shape index (κ2) is 9.01. The molecule has 4 aromatic carbocycles. The molecule has 1 aromatic heterocycles. The Morgan fingerprint density at radius 2 is 1.12 bits per heavy atom. The predicted octanol–water partition coefficient (Wildman–Crippen LogP) is 5.35. The Morgan fingerprint density at radius 1 is 0.676 bits per heavy atom. The molecule has 0 atom stereocenters. The average molecular weight is 465 g/mol. The van der Waals surface area contributed by atoms with Crippen LogP contribution in [0.15, 0.2) is 130 Å². The van der Waals surface area contributed by atoms with Crippen molar-refractivity contribution < 1.29 is 14.6 Å². The molecule has 0 unspecified atom stereocenters. The van der Waals surface area contributed by atoms with Crippen LogP contribution < -0.4 is 21.5 Å². The lowest BCUT2D eigenvalue weighted by Crippen LogP contribution is -2.30. The Morgan fingerprint density at radius 3 is 1.62 bits per heavy atom. The van der Waals surface area contributed by atoms with Crippen molar-refractivity contribution in [3.8, 4) is 5.75 Å². The summed E-state index contributed by atoms with van der Waals surface area (Å²) < 4.78 is 5.42. The minimum atomic E-state index is -2.58. The van der Waals surface area contributed by atoms with Crippen LogP contribution in [0.2, 0.25) is 0 Å². The summed E-state index contributed by atoms with van der Waals surface area (Å²) in [6, 6.07) is 36.5. The lowest BCUT2D eigenvalue weighted by atomic mass is 10.1. The van der Waals surface area contributed by atoms with Gasteiger partial charge >= 0.3 is 5.63 Å². The summed E-state index contributed by atoms with van der Waals surface area (Å²) in [7, 11) is -2.58. The largest absolute Gasteiger partial charge is 0.506 e. The van der Waals surface area contributed by atoms with Gasteiger partial charge in [0, 0.05) is 0 Å². The Kier molecular flexibility index (Phi) is 5.75. The Balaban J connectivity index is 1.86. The Labute approximate surface area is 197 Å². The molecule has 0 radical (unpaired) electrons. The minimum absolute atomic E-state index is 0.245. The second-order valence-corrected chi connectivity index (χ2v) is 11.1. The van der Waals surface area contributed by atoms with Gasteiger partial charge in [-0.05, 0) is 48.5 Å². The summed E-state index contributed by atoms with van der Waals surface area (Å²) in [6.07, 6.45) is 0. The third-order valence-electron chi connectivity index (χ3n) is 5.85. The van der Waals surface area contributed by atoms with E-state index in [2.05, 4.69) is 0 Å². The zero-order chi connectivity index (χ0) is 23.5. The van der Waals surface area contributed by atoms with Gasteiger partial charge < -0.3 is 14.6 Å². The van der Waals surface area contributed by atoms with E-state index in [0.29, 0.717) is 5.39 Å². The number of rotatable bonds is 5. The molecule has 0 amide bonds. The predicted molar refractivity (Wildman–Crippen MR) is 140 cm³/mol. The van der Waals surface area contributed by atoms with Crippen LogP contribution in [0, 0.1) is 0 Å². The fraction of sp³-hybridized carbons (Fsp3) is 0. The molecule has 5 heteroatoms. The first-order valence-corrected chi connectivity index (χ1v) is 12.7. The molecule has 0 aliphatic rings. The van der Waals surface area contributed by atoms with Gasteiger partial charge in [-0.1, -0.05) is 66.7 Å². The molecule has 166 valence electrons. The van der Waals surface area contributed by atoms with Gasteiger partial charge in [-0.25, -0.2) is 4.79 Å². The molecule has 0 spiro atoms. The number of benzene rings is 4. The van der Waals surface area contributed by atoms with Crippen LogP contribution in [-0.2, 0) is 0 Å². The highest BCUT2D eigenvalue weighted by atomic mass is 31.2. The molecule has 5 aromatic rings. The van der Waals surface area contributed by atoms with Crippen molar-refractivity contribution in [2.75, 3.05) is 0 Å². The van der Waals surface area contributed by atoms with Crippen molar-refractivity contribution in [1.29, 1.82) is 0 Å². The first kappa shape index (κ1) is 21.7. The van der Waals surface area contributed by atoms with Crippen LogP contribution in [0.4, 0.5) is 0 Å². The van der Waals surface area contributed by atoms with Crippen LogP contribution in [0.5, 0.6) is 5.75 Å². The van der Waals surface area contributed by atoms with Gasteiger partial charge in [-0.3, -0.25) is 0 Å². The molecule has 0 saturated heterocycles. The third kappa shape index (κ3) is 3.68. The molecule has 0 saturated carbocycles. The van der Waals surface area contributed by atoms with E-state index in [0.717, 1.165) is 15.9 Å². The summed E-state index contributed by atoms with van der Waals surface area (Å²) in [4.78, 5) is 12.9. The van der Waals surface area contributed by atoms with E-state index in [4.69, 9.17) is 4.42 Å². The number of aliphatic hydroxyl groups is 1. The highest BCUT2D eigenvalue weighted by Crippen LogP contribution is 2.58. The van der Waals surface area contributed by atoms with E-state index in [9.17, 15) is 15.0 Å². The molecule has 5 rings (SSSR count). The van der Waals surface area contributed by atoms with Crippen molar-refractivity contribution >= 4 is 39.9 Å². The standard InChI is InChI=1S/C29H21O4P/c30-25(27-28(31)24-18-10-11-19-26(24)33-29(27)32)20-34(21-12-4-1-5-13-21,22-14-6-2-7-15-22)23-16-8-3-9-17-23/h1-20H,(H-,30,31,32)/p+1/b25-20-. The Bertz CT molecular complexity index is 1430. The van der Waals surface area contributed by atoms with E-state index in [-0.39, 0.29) is 22.7 Å². The van der Waals surface area contributed by atoms with Crippen LogP contribution in [0.25, 0.3) is 16.7 Å². The van der Waals surface area contributed by atoms with Gasteiger partial charge in [0.25, 0.3) is 0 Å². The van der Waals surface area contributed by atoms with Crippen molar-refractivity contribution in [3.63, 3.8) is 0 Å². The summed E-state index contributed by atoms with van der Waals surface area (Å²) in [5.41, 5.74) is -0.778. The molecule has 2 N–H and O–H groups in total. The van der Waals surface area contributed by atoms with Crippen molar-refractivity contribution in [3.05, 3.63) is 137 Å². The highest BCUT2D eigenvalue weighted by molar-refractivity contribution is 7.98. The van der Waals surface area contributed by atoms with Crippen LogP contribution in [0.1, 0.15) is 5.56 Å². The fourth-order valence-electron chi connectivity index (χ4n) is 4.27. The van der Waals surface area contributed by atoms with Gasteiger partial charge in [0.05, 0.1) is 5.39 Å². The number of aliphatic hydroxyl groups excluding tert-OH is 1. The lowest BCUT2D eigenvalue weighted by molar-refractivity contribution is 0.448. The zero-order valence-electron chi connectivity index (χ0n) is 18.2. The monoisotopic (exact) mass is 465 g/mol. The number of hydrogen-bond donors (Lipinski definition) is 2.